The van der Waals surface area contributed by atoms with E-state index in [0.717, 1.165) is 15.6 Å². The zero-order chi connectivity index (χ0) is 18.9. The van der Waals surface area contributed by atoms with Crippen molar-refractivity contribution in [2.75, 3.05) is 26.1 Å². The summed E-state index contributed by atoms with van der Waals surface area (Å²) in [5.74, 6) is -0.220. The van der Waals surface area contributed by atoms with E-state index in [2.05, 4.69) is 26.6 Å². The third kappa shape index (κ3) is 6.50. The Hall–Kier alpha value is -2.38. The second-order valence-corrected chi connectivity index (χ2v) is 6.74. The SMILES string of the molecule is COCC(=O)Nc1cccc(CNC(=O)N(C)Cc2ccc(Br)cc2)c1. The Kier molecular flexibility index (Phi) is 7.62. The van der Waals surface area contributed by atoms with Gasteiger partial charge in [0.2, 0.25) is 5.91 Å². The van der Waals surface area contributed by atoms with Crippen molar-refractivity contribution in [2.45, 2.75) is 13.1 Å². The summed E-state index contributed by atoms with van der Waals surface area (Å²) in [6.07, 6.45) is 0. The topological polar surface area (TPSA) is 70.7 Å². The number of carbonyl (C=O) groups excluding carboxylic acids is 2. The number of methoxy groups -OCH3 is 1. The third-order valence-electron chi connectivity index (χ3n) is 3.61. The van der Waals surface area contributed by atoms with Gasteiger partial charge in [-0.05, 0) is 35.4 Å². The van der Waals surface area contributed by atoms with E-state index in [1.807, 2.05) is 42.5 Å². The molecule has 0 heterocycles. The first kappa shape index (κ1) is 19.9. The molecule has 7 heteroatoms. The summed E-state index contributed by atoms with van der Waals surface area (Å²) in [7, 11) is 3.22. The summed E-state index contributed by atoms with van der Waals surface area (Å²) >= 11 is 3.39. The Balaban J connectivity index is 1.86. The molecular weight excluding hydrogens is 398 g/mol. The standard InChI is InChI=1S/C19H22BrN3O3/c1-23(12-14-6-8-16(20)9-7-14)19(25)21-11-15-4-3-5-17(10-15)22-18(24)13-26-2/h3-10H,11-13H2,1-2H3,(H,21,25)(H,22,24). The second-order valence-electron chi connectivity index (χ2n) is 5.82. The highest BCUT2D eigenvalue weighted by Gasteiger charge is 2.09. The van der Waals surface area contributed by atoms with E-state index < -0.39 is 0 Å². The van der Waals surface area contributed by atoms with Crippen molar-refractivity contribution in [3.63, 3.8) is 0 Å². The van der Waals surface area contributed by atoms with Crippen LogP contribution >= 0.6 is 15.9 Å². The average Bonchev–Trinajstić information content (AvgIpc) is 2.62. The summed E-state index contributed by atoms with van der Waals surface area (Å²) in [5.41, 5.74) is 2.61. The fraction of sp³-hybridized carbons (Fsp3) is 0.263. The number of urea groups is 1. The number of nitrogens with zero attached hydrogens (tertiary/aromatic N) is 1. The molecule has 3 amide bonds. The van der Waals surface area contributed by atoms with E-state index in [1.54, 1.807) is 18.0 Å². The van der Waals surface area contributed by atoms with Gasteiger partial charge in [0.1, 0.15) is 6.61 Å². The molecule has 26 heavy (non-hydrogen) atoms. The van der Waals surface area contributed by atoms with Crippen molar-refractivity contribution in [2.24, 2.45) is 0 Å². The van der Waals surface area contributed by atoms with Gasteiger partial charge in [0, 0.05) is 37.4 Å². The van der Waals surface area contributed by atoms with Crippen molar-refractivity contribution in [3.8, 4) is 0 Å². The van der Waals surface area contributed by atoms with E-state index in [0.29, 0.717) is 18.8 Å². The van der Waals surface area contributed by atoms with Crippen LogP contribution in [0.15, 0.2) is 53.0 Å². The van der Waals surface area contributed by atoms with Crippen LogP contribution in [0.3, 0.4) is 0 Å². The lowest BCUT2D eigenvalue weighted by atomic mass is 10.2. The lowest BCUT2D eigenvalue weighted by Crippen LogP contribution is -2.36. The summed E-state index contributed by atoms with van der Waals surface area (Å²) in [6.45, 7) is 0.894. The highest BCUT2D eigenvalue weighted by atomic mass is 79.9. The number of hydrogen-bond donors (Lipinski definition) is 2. The molecule has 138 valence electrons. The average molecular weight is 420 g/mol. The number of rotatable bonds is 7. The Morgan fingerprint density at radius 3 is 2.54 bits per heavy atom. The number of ether oxygens (including phenoxy) is 1. The molecule has 0 spiro atoms. The van der Waals surface area contributed by atoms with Gasteiger partial charge in [0.25, 0.3) is 0 Å². The number of nitrogens with one attached hydrogen (secondary N) is 2. The largest absolute Gasteiger partial charge is 0.375 e. The molecule has 0 aliphatic rings. The van der Waals surface area contributed by atoms with Crippen LogP contribution in [0.5, 0.6) is 0 Å². The molecule has 2 rings (SSSR count). The van der Waals surface area contributed by atoms with E-state index in [4.69, 9.17) is 4.74 Å². The highest BCUT2D eigenvalue weighted by molar-refractivity contribution is 9.10. The molecule has 0 aromatic heterocycles. The predicted octanol–water partition coefficient (Wildman–Crippen LogP) is 3.38. The first-order valence-electron chi connectivity index (χ1n) is 8.09. The fourth-order valence-corrected chi connectivity index (χ4v) is 2.60. The quantitative estimate of drug-likeness (QED) is 0.722. The number of hydrogen-bond acceptors (Lipinski definition) is 3. The zero-order valence-corrected chi connectivity index (χ0v) is 16.4. The number of halogens is 1. The van der Waals surface area contributed by atoms with Gasteiger partial charge in [0.05, 0.1) is 0 Å². The van der Waals surface area contributed by atoms with Gasteiger partial charge in [-0.1, -0.05) is 40.2 Å². The van der Waals surface area contributed by atoms with Crippen molar-refractivity contribution < 1.29 is 14.3 Å². The smallest absolute Gasteiger partial charge is 0.317 e. The molecule has 6 nitrogen and oxygen atoms in total. The molecule has 0 saturated heterocycles. The van der Waals surface area contributed by atoms with E-state index >= 15 is 0 Å². The fourth-order valence-electron chi connectivity index (χ4n) is 2.34. The van der Waals surface area contributed by atoms with Gasteiger partial charge >= 0.3 is 6.03 Å². The van der Waals surface area contributed by atoms with Crippen molar-refractivity contribution in [1.82, 2.24) is 10.2 Å². The van der Waals surface area contributed by atoms with Gasteiger partial charge in [-0.3, -0.25) is 4.79 Å². The molecule has 0 bridgehead atoms. The molecular formula is C19H22BrN3O3. The maximum Gasteiger partial charge on any atom is 0.317 e. The van der Waals surface area contributed by atoms with Crippen molar-refractivity contribution in [1.29, 1.82) is 0 Å². The summed E-state index contributed by atoms with van der Waals surface area (Å²) < 4.78 is 5.79. The first-order valence-corrected chi connectivity index (χ1v) is 8.88. The van der Waals surface area contributed by atoms with E-state index in [-0.39, 0.29) is 18.5 Å². The molecule has 0 saturated carbocycles. The van der Waals surface area contributed by atoms with Crippen LogP contribution in [0.4, 0.5) is 10.5 Å². The van der Waals surface area contributed by atoms with Gasteiger partial charge < -0.3 is 20.3 Å². The first-order chi connectivity index (χ1) is 12.5. The van der Waals surface area contributed by atoms with Crippen LogP contribution in [0, 0.1) is 0 Å². The lowest BCUT2D eigenvalue weighted by Gasteiger charge is -2.18. The molecule has 2 N–H and O–H groups in total. The zero-order valence-electron chi connectivity index (χ0n) is 14.8. The van der Waals surface area contributed by atoms with E-state index in [1.165, 1.54) is 7.11 Å². The molecule has 0 fully saturated rings. The summed E-state index contributed by atoms with van der Waals surface area (Å²) in [6, 6.07) is 15.0. The van der Waals surface area contributed by atoms with Gasteiger partial charge in [0.15, 0.2) is 0 Å². The Morgan fingerprint density at radius 1 is 1.12 bits per heavy atom. The number of carbonyl (C=O) groups is 2. The van der Waals surface area contributed by atoms with Gasteiger partial charge in [-0.25, -0.2) is 4.79 Å². The normalized spacial score (nSPS) is 10.3. The molecule has 0 unspecified atom stereocenters. The maximum atomic E-state index is 12.3. The molecule has 0 aliphatic carbocycles. The predicted molar refractivity (Wildman–Crippen MR) is 105 cm³/mol. The van der Waals surface area contributed by atoms with Crippen LogP contribution in [0.2, 0.25) is 0 Å². The minimum atomic E-state index is -0.220. The Labute approximate surface area is 161 Å². The van der Waals surface area contributed by atoms with Gasteiger partial charge in [-0.15, -0.1) is 0 Å². The molecule has 0 radical (unpaired) electrons. The molecule has 2 aromatic carbocycles. The van der Waals surface area contributed by atoms with Crippen LogP contribution in [-0.4, -0.2) is 37.6 Å². The van der Waals surface area contributed by atoms with E-state index in [9.17, 15) is 9.59 Å². The summed E-state index contributed by atoms with van der Waals surface area (Å²) in [5, 5.41) is 5.62. The minimum Gasteiger partial charge on any atom is -0.375 e. The molecule has 0 atom stereocenters. The van der Waals surface area contributed by atoms with Crippen LogP contribution in [0.25, 0.3) is 0 Å². The maximum absolute atomic E-state index is 12.3. The second kappa shape index (κ2) is 9.94. The Bertz CT molecular complexity index is 750. The monoisotopic (exact) mass is 419 g/mol. The Morgan fingerprint density at radius 2 is 1.85 bits per heavy atom. The van der Waals surface area contributed by atoms with Crippen LogP contribution < -0.4 is 10.6 Å². The lowest BCUT2D eigenvalue weighted by molar-refractivity contribution is -0.119. The van der Waals surface area contributed by atoms with Crippen LogP contribution in [0.1, 0.15) is 11.1 Å². The van der Waals surface area contributed by atoms with Crippen molar-refractivity contribution in [3.05, 3.63) is 64.1 Å². The third-order valence-corrected chi connectivity index (χ3v) is 4.14. The van der Waals surface area contributed by atoms with Crippen molar-refractivity contribution >= 4 is 33.6 Å². The number of benzene rings is 2. The summed E-state index contributed by atoms with van der Waals surface area (Å²) in [4.78, 5) is 25.4. The number of amides is 3. The van der Waals surface area contributed by atoms with Gasteiger partial charge in [-0.2, -0.15) is 0 Å². The molecule has 0 aliphatic heterocycles. The highest BCUT2D eigenvalue weighted by Crippen LogP contribution is 2.13. The number of anilines is 1. The minimum absolute atomic E-state index is 0.00180. The molecule has 2 aromatic rings. The van der Waals surface area contributed by atoms with Crippen LogP contribution in [-0.2, 0) is 22.6 Å².